The van der Waals surface area contributed by atoms with Crippen LogP contribution in [0, 0.1) is 6.92 Å². The van der Waals surface area contributed by atoms with Gasteiger partial charge in [0.25, 0.3) is 0 Å². The molecule has 0 bridgehead atoms. The van der Waals surface area contributed by atoms with Gasteiger partial charge < -0.3 is 9.13 Å². The van der Waals surface area contributed by atoms with Crippen molar-refractivity contribution in [3.05, 3.63) is 44.4 Å². The summed E-state index contributed by atoms with van der Waals surface area (Å²) in [5.41, 5.74) is -0.354. The third kappa shape index (κ3) is 1.23. The number of aromatic nitrogens is 4. The lowest BCUT2D eigenvalue weighted by Gasteiger charge is -2.31. The third-order valence-electron chi connectivity index (χ3n) is 2.54. The van der Waals surface area contributed by atoms with Crippen molar-refractivity contribution >= 4 is 0 Å². The molecule has 0 aliphatic rings. The van der Waals surface area contributed by atoms with Gasteiger partial charge in [0.05, 0.1) is 12.7 Å². The van der Waals surface area contributed by atoms with Crippen molar-refractivity contribution < 1.29 is 0 Å². The Morgan fingerprint density at radius 1 is 1.14 bits per heavy atom. The van der Waals surface area contributed by atoms with Crippen molar-refractivity contribution in [1.82, 2.24) is 19.1 Å². The summed E-state index contributed by atoms with van der Waals surface area (Å²) >= 11 is 0. The molecule has 0 spiro atoms. The summed E-state index contributed by atoms with van der Waals surface area (Å²) in [4.78, 5) is 8.07. The normalized spacial score (nSPS) is 11.9. The summed E-state index contributed by atoms with van der Waals surface area (Å²) in [6.07, 6.45) is 11.8. The number of imidazole rings is 2. The van der Waals surface area contributed by atoms with Gasteiger partial charge in [-0.3, -0.25) is 0 Å². The first kappa shape index (κ1) is 8.99. The highest BCUT2D eigenvalue weighted by atomic mass is 15.3. The second-order valence-electron chi connectivity index (χ2n) is 3.28. The van der Waals surface area contributed by atoms with Gasteiger partial charge in [0, 0.05) is 24.8 Å². The first-order valence-corrected chi connectivity index (χ1v) is 4.59. The van der Waals surface area contributed by atoms with Crippen LogP contribution in [0.3, 0.4) is 0 Å². The number of hydrogen-bond acceptors (Lipinski definition) is 2. The molecule has 0 saturated heterocycles. The maximum atomic E-state index is 4.22. The van der Waals surface area contributed by atoms with E-state index >= 15 is 0 Å². The lowest BCUT2D eigenvalue weighted by molar-refractivity contribution is 0.289. The molecule has 2 aromatic rings. The standard InChI is InChI=1S/C10H13N4/c1-3-10(2,13-6-4-11-8-13)14-7-5-12-9-14/h4-9H,2-3H2,1H3. The molecular formula is C10H13N4. The van der Waals surface area contributed by atoms with Crippen LogP contribution in [0.15, 0.2) is 37.4 Å². The second kappa shape index (κ2) is 3.29. The molecule has 0 aliphatic heterocycles. The van der Waals surface area contributed by atoms with E-state index in [4.69, 9.17) is 0 Å². The molecular weight excluding hydrogens is 176 g/mol. The highest BCUT2D eigenvalue weighted by Crippen LogP contribution is 2.21. The fraction of sp³-hybridized carbons (Fsp3) is 0.300. The summed E-state index contributed by atoms with van der Waals surface area (Å²) in [6, 6.07) is 0. The Morgan fingerprint density at radius 3 is 1.93 bits per heavy atom. The average Bonchev–Trinajstić information content (AvgIpc) is 2.88. The minimum absolute atomic E-state index is 0.354. The zero-order valence-electron chi connectivity index (χ0n) is 8.17. The minimum Gasteiger partial charge on any atom is -0.313 e. The SMILES string of the molecule is [CH2]C(CC)(n1ccnc1)n1ccnc1. The van der Waals surface area contributed by atoms with E-state index in [0.29, 0.717) is 0 Å². The summed E-state index contributed by atoms with van der Waals surface area (Å²) in [6.45, 7) is 6.31. The Hall–Kier alpha value is -1.58. The molecule has 0 fully saturated rings. The summed E-state index contributed by atoms with van der Waals surface area (Å²) in [5, 5.41) is 0. The van der Waals surface area contributed by atoms with Gasteiger partial charge in [0.1, 0.15) is 5.66 Å². The lowest BCUT2D eigenvalue weighted by atomic mass is 10.1. The van der Waals surface area contributed by atoms with Gasteiger partial charge in [-0.15, -0.1) is 0 Å². The van der Waals surface area contributed by atoms with E-state index in [2.05, 4.69) is 23.8 Å². The molecule has 0 atom stereocenters. The maximum Gasteiger partial charge on any atom is 0.122 e. The number of nitrogens with zero attached hydrogens (tertiary/aromatic N) is 4. The lowest BCUT2D eigenvalue weighted by Crippen LogP contribution is -2.36. The molecule has 0 amide bonds. The first-order valence-electron chi connectivity index (χ1n) is 4.59. The molecule has 0 N–H and O–H groups in total. The van der Waals surface area contributed by atoms with E-state index in [-0.39, 0.29) is 5.66 Å². The smallest absolute Gasteiger partial charge is 0.122 e. The molecule has 0 saturated carbocycles. The van der Waals surface area contributed by atoms with Crippen LogP contribution in [0.1, 0.15) is 13.3 Å². The van der Waals surface area contributed by atoms with E-state index in [1.807, 2.05) is 21.5 Å². The molecule has 4 nitrogen and oxygen atoms in total. The van der Waals surface area contributed by atoms with Crippen molar-refractivity contribution in [2.24, 2.45) is 0 Å². The van der Waals surface area contributed by atoms with Crippen LogP contribution >= 0.6 is 0 Å². The third-order valence-corrected chi connectivity index (χ3v) is 2.54. The highest BCUT2D eigenvalue weighted by Gasteiger charge is 2.25. The largest absolute Gasteiger partial charge is 0.313 e. The molecule has 0 aliphatic carbocycles. The molecule has 14 heavy (non-hydrogen) atoms. The second-order valence-corrected chi connectivity index (χ2v) is 3.28. The predicted molar refractivity (Wildman–Crippen MR) is 53.5 cm³/mol. The molecule has 4 heteroatoms. The van der Waals surface area contributed by atoms with E-state index < -0.39 is 0 Å². The van der Waals surface area contributed by atoms with Gasteiger partial charge in [-0.2, -0.15) is 0 Å². The van der Waals surface area contributed by atoms with Crippen LogP contribution in [0.2, 0.25) is 0 Å². The zero-order valence-corrected chi connectivity index (χ0v) is 8.17. The van der Waals surface area contributed by atoms with Gasteiger partial charge in [0.15, 0.2) is 0 Å². The van der Waals surface area contributed by atoms with E-state index in [1.54, 1.807) is 25.0 Å². The van der Waals surface area contributed by atoms with Gasteiger partial charge in [0.2, 0.25) is 0 Å². The van der Waals surface area contributed by atoms with Crippen molar-refractivity contribution in [1.29, 1.82) is 0 Å². The van der Waals surface area contributed by atoms with Gasteiger partial charge in [-0.05, 0) is 13.3 Å². The Labute approximate surface area is 83.2 Å². The molecule has 2 rings (SSSR count). The maximum absolute atomic E-state index is 4.22. The van der Waals surface area contributed by atoms with Crippen molar-refractivity contribution in [2.75, 3.05) is 0 Å². The van der Waals surface area contributed by atoms with Crippen LogP contribution in [0.4, 0.5) is 0 Å². The zero-order chi connectivity index (χ0) is 10.0. The van der Waals surface area contributed by atoms with Crippen molar-refractivity contribution in [3.63, 3.8) is 0 Å². The number of hydrogen-bond donors (Lipinski definition) is 0. The summed E-state index contributed by atoms with van der Waals surface area (Å²) in [7, 11) is 0. The highest BCUT2D eigenvalue weighted by molar-refractivity contribution is 4.97. The van der Waals surface area contributed by atoms with Crippen LogP contribution < -0.4 is 0 Å². The first-order chi connectivity index (χ1) is 6.77. The molecule has 73 valence electrons. The molecule has 2 heterocycles. The molecule has 2 aromatic heterocycles. The quantitative estimate of drug-likeness (QED) is 0.734. The summed E-state index contributed by atoms with van der Waals surface area (Å²) < 4.78 is 3.96. The van der Waals surface area contributed by atoms with Gasteiger partial charge in [-0.1, -0.05) is 6.92 Å². The van der Waals surface area contributed by atoms with Crippen LogP contribution in [0.5, 0.6) is 0 Å². The molecule has 1 radical (unpaired) electrons. The Bertz CT molecular complexity index is 340. The average molecular weight is 189 g/mol. The monoisotopic (exact) mass is 189 g/mol. The molecule has 0 unspecified atom stereocenters. The van der Waals surface area contributed by atoms with Crippen LogP contribution in [-0.4, -0.2) is 19.1 Å². The van der Waals surface area contributed by atoms with Gasteiger partial charge >= 0.3 is 0 Å². The fourth-order valence-corrected chi connectivity index (χ4v) is 1.51. The topological polar surface area (TPSA) is 35.6 Å². The van der Waals surface area contributed by atoms with E-state index in [1.165, 1.54) is 0 Å². The van der Waals surface area contributed by atoms with Crippen molar-refractivity contribution in [3.8, 4) is 0 Å². The van der Waals surface area contributed by atoms with E-state index in [0.717, 1.165) is 6.42 Å². The minimum atomic E-state index is -0.354. The Balaban J connectivity index is 2.45. The Kier molecular flexibility index (Phi) is 2.11. The Morgan fingerprint density at radius 2 is 1.64 bits per heavy atom. The van der Waals surface area contributed by atoms with E-state index in [9.17, 15) is 0 Å². The summed E-state index contributed by atoms with van der Waals surface area (Å²) in [5.74, 6) is 0. The van der Waals surface area contributed by atoms with Crippen molar-refractivity contribution in [2.45, 2.75) is 19.0 Å². The van der Waals surface area contributed by atoms with Gasteiger partial charge in [-0.25, -0.2) is 9.97 Å². The van der Waals surface area contributed by atoms with Crippen LogP contribution in [-0.2, 0) is 5.66 Å². The fourth-order valence-electron chi connectivity index (χ4n) is 1.51. The number of rotatable bonds is 3. The van der Waals surface area contributed by atoms with Crippen LogP contribution in [0.25, 0.3) is 0 Å². The molecule has 0 aromatic carbocycles. The predicted octanol–water partition coefficient (Wildman–Crippen LogP) is 1.52.